The number of nitrogens with one attached hydrogen (secondary N) is 1. The molecule has 8 heteroatoms. The van der Waals surface area contributed by atoms with Gasteiger partial charge in [0.15, 0.2) is 0 Å². The molecule has 0 radical (unpaired) electrons. The van der Waals surface area contributed by atoms with Gasteiger partial charge in [-0.25, -0.2) is 4.39 Å². The second-order valence-corrected chi connectivity index (χ2v) is 10.4. The van der Waals surface area contributed by atoms with Crippen LogP contribution in [-0.4, -0.2) is 58.8 Å². The van der Waals surface area contributed by atoms with Gasteiger partial charge in [-0.05, 0) is 61.1 Å². The average Bonchev–Trinajstić information content (AvgIpc) is 3.16. The summed E-state index contributed by atoms with van der Waals surface area (Å²) in [6.07, 6.45) is 4.92. The van der Waals surface area contributed by atoms with Crippen LogP contribution in [0.4, 0.5) is 4.39 Å². The molecule has 1 N–H and O–H groups in total. The number of imide groups is 1. The first kappa shape index (κ1) is 23.2. The van der Waals surface area contributed by atoms with E-state index in [1.165, 1.54) is 6.07 Å². The summed E-state index contributed by atoms with van der Waals surface area (Å²) in [6, 6.07) is 12.3. The maximum absolute atomic E-state index is 14.2. The quantitative estimate of drug-likeness (QED) is 0.649. The zero-order valence-corrected chi connectivity index (χ0v) is 20.1. The van der Waals surface area contributed by atoms with Crippen molar-refractivity contribution in [2.45, 2.75) is 69.2 Å². The third-order valence-electron chi connectivity index (χ3n) is 8.17. The number of rotatable bonds is 5. The minimum atomic E-state index is -0.622. The fourth-order valence-corrected chi connectivity index (χ4v) is 6.22. The molecule has 1 aliphatic carbocycles. The minimum absolute atomic E-state index is 0.0433. The monoisotopic (exact) mass is 491 g/mol. The normalized spacial score (nSPS) is 27.0. The molecule has 3 fully saturated rings. The molecule has 4 aliphatic rings. The number of nitrogens with zero attached hydrogens (tertiary/aromatic N) is 2. The van der Waals surface area contributed by atoms with Crippen molar-refractivity contribution >= 4 is 17.7 Å². The van der Waals surface area contributed by atoms with E-state index >= 15 is 0 Å². The Bertz CT molecular complexity index is 1210. The van der Waals surface area contributed by atoms with Crippen LogP contribution in [0.15, 0.2) is 42.5 Å². The Morgan fingerprint density at radius 2 is 1.78 bits per heavy atom. The number of halogens is 1. The van der Waals surface area contributed by atoms with Gasteiger partial charge >= 0.3 is 0 Å². The van der Waals surface area contributed by atoms with Crippen molar-refractivity contribution in [3.8, 4) is 5.75 Å². The highest BCUT2D eigenvalue weighted by atomic mass is 19.1. The number of hydrogen-bond acceptors (Lipinski definition) is 5. The SMILES string of the molecule is O=C1CC[C@H](N2Cc3cc(O[C@H]4CCCC[C@@H]4N4CC(c5ccccc5F)C4)ccc3C2=O)C(=O)N1. The molecule has 6 rings (SSSR count). The summed E-state index contributed by atoms with van der Waals surface area (Å²) < 4.78 is 20.7. The Morgan fingerprint density at radius 3 is 2.58 bits per heavy atom. The maximum atomic E-state index is 14.2. The Kier molecular flexibility index (Phi) is 5.99. The van der Waals surface area contributed by atoms with E-state index in [0.717, 1.165) is 55.6 Å². The molecule has 2 aromatic rings. The predicted octanol–water partition coefficient (Wildman–Crippen LogP) is 3.38. The summed E-state index contributed by atoms with van der Waals surface area (Å²) in [7, 11) is 0. The molecule has 3 aliphatic heterocycles. The van der Waals surface area contributed by atoms with Gasteiger partial charge in [0, 0.05) is 43.6 Å². The molecule has 0 aromatic heterocycles. The molecule has 3 heterocycles. The lowest BCUT2D eigenvalue weighted by atomic mass is 9.84. The molecule has 0 bridgehead atoms. The lowest BCUT2D eigenvalue weighted by Crippen LogP contribution is -2.57. The summed E-state index contributed by atoms with van der Waals surface area (Å²) in [5.74, 6) is -0.0514. The van der Waals surface area contributed by atoms with Gasteiger partial charge < -0.3 is 9.64 Å². The van der Waals surface area contributed by atoms with Crippen LogP contribution < -0.4 is 10.1 Å². The molecule has 0 unspecified atom stereocenters. The molecule has 36 heavy (non-hydrogen) atoms. The van der Waals surface area contributed by atoms with Crippen LogP contribution in [0.25, 0.3) is 0 Å². The van der Waals surface area contributed by atoms with Crippen molar-refractivity contribution in [2.75, 3.05) is 13.1 Å². The zero-order chi connectivity index (χ0) is 24.8. The third kappa shape index (κ3) is 4.17. The largest absolute Gasteiger partial charge is 0.489 e. The molecule has 2 saturated heterocycles. The van der Waals surface area contributed by atoms with Gasteiger partial charge in [-0.3, -0.25) is 24.6 Å². The highest BCUT2D eigenvalue weighted by Crippen LogP contribution is 2.37. The van der Waals surface area contributed by atoms with E-state index < -0.39 is 11.9 Å². The van der Waals surface area contributed by atoms with E-state index in [-0.39, 0.29) is 42.1 Å². The molecule has 3 atom stereocenters. The standard InChI is InChI=1S/C28H30FN3O4/c29-22-6-2-1-5-20(22)18-14-31(15-18)23-7-3-4-8-25(23)36-19-9-10-21-17(13-19)16-32(28(21)35)24-11-12-26(33)30-27(24)34/h1-2,5-6,9-10,13,18,23-25H,3-4,7-8,11-12,14-16H2,(H,30,33,34)/t23-,24-,25-/m0/s1. The fraction of sp³-hybridized carbons (Fsp3) is 0.464. The van der Waals surface area contributed by atoms with Crippen LogP contribution in [0.1, 0.15) is 65.9 Å². The Labute approximate surface area is 209 Å². The first-order chi connectivity index (χ1) is 17.5. The fourth-order valence-electron chi connectivity index (χ4n) is 6.22. The van der Waals surface area contributed by atoms with E-state index in [2.05, 4.69) is 10.2 Å². The van der Waals surface area contributed by atoms with Crippen LogP contribution in [0.3, 0.4) is 0 Å². The van der Waals surface area contributed by atoms with Crippen molar-refractivity contribution < 1.29 is 23.5 Å². The Hall–Kier alpha value is -3.26. The molecular formula is C28H30FN3O4. The first-order valence-corrected chi connectivity index (χ1v) is 12.9. The molecule has 0 spiro atoms. The molecule has 3 amide bonds. The molecule has 7 nitrogen and oxygen atoms in total. The lowest BCUT2D eigenvalue weighted by molar-refractivity contribution is -0.136. The lowest BCUT2D eigenvalue weighted by Gasteiger charge is -2.48. The van der Waals surface area contributed by atoms with E-state index in [4.69, 9.17) is 4.74 Å². The number of hydrogen-bond donors (Lipinski definition) is 1. The van der Waals surface area contributed by atoms with E-state index in [0.29, 0.717) is 18.5 Å². The number of amides is 3. The zero-order valence-electron chi connectivity index (χ0n) is 20.1. The van der Waals surface area contributed by atoms with E-state index in [1.54, 1.807) is 17.0 Å². The highest BCUT2D eigenvalue weighted by Gasteiger charge is 2.41. The maximum Gasteiger partial charge on any atom is 0.255 e. The van der Waals surface area contributed by atoms with Gasteiger partial charge in [-0.15, -0.1) is 0 Å². The minimum Gasteiger partial charge on any atom is -0.489 e. The smallest absolute Gasteiger partial charge is 0.255 e. The Balaban J connectivity index is 1.12. The number of carbonyl (C=O) groups excluding carboxylic acids is 3. The summed E-state index contributed by atoms with van der Waals surface area (Å²) in [5, 5.41) is 2.34. The first-order valence-electron chi connectivity index (χ1n) is 12.9. The van der Waals surface area contributed by atoms with Gasteiger partial charge in [-0.2, -0.15) is 0 Å². The van der Waals surface area contributed by atoms with Gasteiger partial charge in [-0.1, -0.05) is 24.6 Å². The molecule has 1 saturated carbocycles. The number of piperidine rings is 1. The van der Waals surface area contributed by atoms with Crippen molar-refractivity contribution in [1.82, 2.24) is 15.1 Å². The summed E-state index contributed by atoms with van der Waals surface area (Å²) >= 11 is 0. The van der Waals surface area contributed by atoms with Crippen molar-refractivity contribution in [2.24, 2.45) is 0 Å². The van der Waals surface area contributed by atoms with Crippen LogP contribution in [0.2, 0.25) is 0 Å². The van der Waals surface area contributed by atoms with Gasteiger partial charge in [0.1, 0.15) is 23.7 Å². The number of carbonyl (C=O) groups is 3. The topological polar surface area (TPSA) is 79.0 Å². The third-order valence-corrected chi connectivity index (χ3v) is 8.17. The number of benzene rings is 2. The number of likely N-dealkylation sites (tertiary alicyclic amines) is 1. The molecule has 2 aromatic carbocycles. The average molecular weight is 492 g/mol. The van der Waals surface area contributed by atoms with Crippen LogP contribution in [0, 0.1) is 5.82 Å². The van der Waals surface area contributed by atoms with Crippen molar-refractivity contribution in [1.29, 1.82) is 0 Å². The van der Waals surface area contributed by atoms with Gasteiger partial charge in [0.2, 0.25) is 11.8 Å². The van der Waals surface area contributed by atoms with Crippen molar-refractivity contribution in [3.63, 3.8) is 0 Å². The van der Waals surface area contributed by atoms with Gasteiger partial charge in [0.25, 0.3) is 5.91 Å². The van der Waals surface area contributed by atoms with Crippen molar-refractivity contribution in [3.05, 3.63) is 65.0 Å². The number of fused-ring (bicyclic) bond motifs is 1. The van der Waals surface area contributed by atoms with Crippen LogP contribution in [0.5, 0.6) is 5.75 Å². The van der Waals surface area contributed by atoms with Gasteiger partial charge in [0.05, 0.1) is 0 Å². The molecule has 188 valence electrons. The second-order valence-electron chi connectivity index (χ2n) is 10.4. The summed E-state index contributed by atoms with van der Waals surface area (Å²) in [6.45, 7) is 2.01. The Morgan fingerprint density at radius 1 is 0.972 bits per heavy atom. The number of ether oxygens (including phenoxy) is 1. The van der Waals surface area contributed by atoms with Crippen LogP contribution in [-0.2, 0) is 16.1 Å². The predicted molar refractivity (Wildman–Crippen MR) is 130 cm³/mol. The molecular weight excluding hydrogens is 461 g/mol. The summed E-state index contributed by atoms with van der Waals surface area (Å²) in [5.41, 5.74) is 2.23. The second kappa shape index (κ2) is 9.32. The summed E-state index contributed by atoms with van der Waals surface area (Å²) in [4.78, 5) is 40.8. The van der Waals surface area contributed by atoms with E-state index in [9.17, 15) is 18.8 Å². The van der Waals surface area contributed by atoms with Crippen LogP contribution >= 0.6 is 0 Å². The van der Waals surface area contributed by atoms with E-state index in [1.807, 2.05) is 24.3 Å². The highest BCUT2D eigenvalue weighted by molar-refractivity contribution is 6.05.